The Hall–Kier alpha value is -0.750. The van der Waals surface area contributed by atoms with Gasteiger partial charge in [0.05, 0.1) is 10.0 Å². The number of hydrogen-bond acceptors (Lipinski definition) is 5. The Kier molecular flexibility index (Phi) is 6.26. The van der Waals surface area contributed by atoms with Gasteiger partial charge in [0.25, 0.3) is 0 Å². The largest absolute Gasteiger partial charge is 0.353 e. The van der Waals surface area contributed by atoms with Gasteiger partial charge in [-0.2, -0.15) is 5.12 Å². The molecule has 0 atom stereocenters. The Morgan fingerprint density at radius 1 is 1.18 bits per heavy atom. The fourth-order valence-corrected chi connectivity index (χ4v) is 5.31. The summed E-state index contributed by atoms with van der Waals surface area (Å²) in [6.45, 7) is 3.26. The monoisotopic (exact) mass is 458 g/mol. The fourth-order valence-electron chi connectivity index (χ4n) is 3.94. The molecule has 0 unspecified atom stereocenters. The number of thioether (sulfide) groups is 1. The Morgan fingerprint density at radius 3 is 2.29 bits per heavy atom. The third-order valence-electron chi connectivity index (χ3n) is 5.43. The van der Waals surface area contributed by atoms with E-state index < -0.39 is 0 Å². The van der Waals surface area contributed by atoms with Gasteiger partial charge >= 0.3 is 0 Å². The molecule has 1 aliphatic heterocycles. The summed E-state index contributed by atoms with van der Waals surface area (Å²) >= 11 is 20.6. The molecular weight excluding hydrogens is 435 g/mol. The van der Waals surface area contributed by atoms with Gasteiger partial charge in [-0.15, -0.1) is 16.9 Å². The summed E-state index contributed by atoms with van der Waals surface area (Å²) in [6, 6.07) is 4.00. The molecule has 8 heteroatoms. The van der Waals surface area contributed by atoms with E-state index in [0.717, 1.165) is 35.7 Å². The summed E-state index contributed by atoms with van der Waals surface area (Å²) in [5, 5.41) is 8.75. The quantitative estimate of drug-likeness (QED) is 0.512. The summed E-state index contributed by atoms with van der Waals surface area (Å²) < 4.78 is 0. The first-order valence-corrected chi connectivity index (χ1v) is 12.2. The lowest BCUT2D eigenvalue weighted by Crippen LogP contribution is -2.49. The number of hydrazine groups is 1. The zero-order valence-corrected chi connectivity index (χ0v) is 19.2. The number of nitrogens with zero attached hydrogens (tertiary/aromatic N) is 3. The van der Waals surface area contributed by atoms with Gasteiger partial charge in [-0.05, 0) is 62.3 Å². The molecule has 3 aliphatic rings. The van der Waals surface area contributed by atoms with Crippen molar-refractivity contribution < 1.29 is 0 Å². The lowest BCUT2D eigenvalue weighted by molar-refractivity contribution is 0.189. The Morgan fingerprint density at radius 2 is 1.79 bits per heavy atom. The topological polar surface area (TPSA) is 30.9 Å². The van der Waals surface area contributed by atoms with E-state index in [1.165, 1.54) is 25.7 Å². The van der Waals surface area contributed by atoms with Gasteiger partial charge in [0.1, 0.15) is 16.6 Å². The molecule has 0 saturated heterocycles. The zero-order valence-electron chi connectivity index (χ0n) is 16.1. The van der Waals surface area contributed by atoms with Crippen LogP contribution < -0.4 is 10.5 Å². The second-order valence-corrected chi connectivity index (χ2v) is 9.75. The van der Waals surface area contributed by atoms with Crippen LogP contribution in [0.3, 0.4) is 0 Å². The van der Waals surface area contributed by atoms with Crippen LogP contribution in [0.4, 0.5) is 5.69 Å². The van der Waals surface area contributed by atoms with Gasteiger partial charge in [0.15, 0.2) is 0 Å². The Balaban J connectivity index is 1.67. The Bertz CT molecular complexity index is 770. The van der Waals surface area contributed by atoms with E-state index in [1.807, 2.05) is 6.26 Å². The standard InChI is InChI=1S/C20H25Cl3N4S/c1-3-8-26(19(12-4-5-12)13-6-7-13)17-11-18(28-2)25-27(24-17)20-15(22)9-14(21)10-16(20)23/h9-13,19,24H,3-8H2,1-2H3. The molecule has 2 aliphatic carbocycles. The van der Waals surface area contributed by atoms with Crippen molar-refractivity contribution in [2.75, 3.05) is 17.9 Å². The van der Waals surface area contributed by atoms with E-state index in [9.17, 15) is 0 Å². The minimum Gasteiger partial charge on any atom is -0.353 e. The van der Waals surface area contributed by atoms with Crippen LogP contribution >= 0.6 is 46.6 Å². The zero-order chi connectivity index (χ0) is 19.8. The first kappa shape index (κ1) is 20.5. The van der Waals surface area contributed by atoms with Crippen LogP contribution in [-0.4, -0.2) is 28.8 Å². The highest BCUT2D eigenvalue weighted by atomic mass is 35.5. The molecule has 28 heavy (non-hydrogen) atoms. The normalized spacial score (nSPS) is 19.4. The van der Waals surface area contributed by atoms with Crippen LogP contribution in [0.2, 0.25) is 15.1 Å². The molecule has 152 valence electrons. The number of benzene rings is 1. The molecule has 0 bridgehead atoms. The molecule has 1 N–H and O–H groups in total. The predicted molar refractivity (Wildman–Crippen MR) is 122 cm³/mol. The molecule has 0 radical (unpaired) electrons. The molecule has 0 aromatic heterocycles. The summed E-state index contributed by atoms with van der Waals surface area (Å²) in [5.74, 6) is 2.70. The SMILES string of the molecule is CCCN(C1=CC(SC)=NN(c2c(Cl)cc(Cl)cc2Cl)N1)C(C1CC1)C1CC1. The molecule has 1 aromatic carbocycles. The van der Waals surface area contributed by atoms with Crippen molar-refractivity contribution in [1.82, 2.24) is 10.3 Å². The molecule has 2 fully saturated rings. The van der Waals surface area contributed by atoms with Crippen LogP contribution in [0.1, 0.15) is 39.0 Å². The molecule has 0 amide bonds. The van der Waals surface area contributed by atoms with Gasteiger partial charge in [-0.3, -0.25) is 5.43 Å². The van der Waals surface area contributed by atoms with Gasteiger partial charge in [-0.1, -0.05) is 41.7 Å². The molecule has 1 heterocycles. The fraction of sp³-hybridized carbons (Fsp3) is 0.550. The molecule has 4 nitrogen and oxygen atoms in total. The van der Waals surface area contributed by atoms with Crippen LogP contribution in [0.5, 0.6) is 0 Å². The lowest BCUT2D eigenvalue weighted by Gasteiger charge is -2.39. The Labute approximate surface area is 186 Å². The van der Waals surface area contributed by atoms with Gasteiger partial charge in [0.2, 0.25) is 0 Å². The van der Waals surface area contributed by atoms with Crippen molar-refractivity contribution in [3.63, 3.8) is 0 Å². The number of halogens is 3. The third kappa shape index (κ3) is 4.38. The van der Waals surface area contributed by atoms with E-state index in [4.69, 9.17) is 34.8 Å². The average Bonchev–Trinajstić information content (AvgIpc) is 3.54. The average molecular weight is 460 g/mol. The maximum absolute atomic E-state index is 6.47. The number of nitrogens with one attached hydrogen (secondary N) is 1. The van der Waals surface area contributed by atoms with E-state index in [2.05, 4.69) is 28.4 Å². The molecule has 4 rings (SSSR count). The summed E-state index contributed by atoms with van der Waals surface area (Å²) in [6.07, 6.45) is 10.7. The smallest absolute Gasteiger partial charge is 0.125 e. The van der Waals surface area contributed by atoms with Gasteiger partial charge in [-0.25, -0.2) is 0 Å². The van der Waals surface area contributed by atoms with E-state index in [1.54, 1.807) is 29.0 Å². The van der Waals surface area contributed by atoms with Crippen molar-refractivity contribution in [3.05, 3.63) is 39.1 Å². The van der Waals surface area contributed by atoms with E-state index in [-0.39, 0.29) is 0 Å². The molecule has 2 saturated carbocycles. The number of rotatable bonds is 7. The second kappa shape index (κ2) is 8.55. The van der Waals surface area contributed by atoms with Gasteiger partial charge in [0, 0.05) is 23.7 Å². The maximum atomic E-state index is 6.47. The molecular formula is C20H25Cl3N4S. The first-order chi connectivity index (χ1) is 13.5. The number of hydrazone groups is 1. The summed E-state index contributed by atoms with van der Waals surface area (Å²) in [7, 11) is 0. The van der Waals surface area contributed by atoms with E-state index in [0.29, 0.717) is 26.8 Å². The van der Waals surface area contributed by atoms with Crippen molar-refractivity contribution in [1.29, 1.82) is 0 Å². The van der Waals surface area contributed by atoms with Crippen LogP contribution in [0.15, 0.2) is 29.1 Å². The number of hydrogen-bond donors (Lipinski definition) is 1. The van der Waals surface area contributed by atoms with Crippen LogP contribution in [-0.2, 0) is 0 Å². The van der Waals surface area contributed by atoms with Crippen LogP contribution in [0, 0.1) is 11.8 Å². The van der Waals surface area contributed by atoms with Crippen LogP contribution in [0.25, 0.3) is 0 Å². The second-order valence-electron chi connectivity index (χ2n) is 7.67. The van der Waals surface area contributed by atoms with E-state index >= 15 is 0 Å². The highest BCUT2D eigenvalue weighted by Crippen LogP contribution is 2.48. The van der Waals surface area contributed by atoms with Gasteiger partial charge < -0.3 is 4.90 Å². The first-order valence-electron chi connectivity index (χ1n) is 9.84. The highest BCUT2D eigenvalue weighted by Gasteiger charge is 2.45. The minimum absolute atomic E-state index is 0.471. The summed E-state index contributed by atoms with van der Waals surface area (Å²) in [5.41, 5.74) is 4.09. The molecule has 1 aromatic rings. The van der Waals surface area contributed by atoms with Crippen molar-refractivity contribution >= 4 is 57.3 Å². The van der Waals surface area contributed by atoms with Crippen molar-refractivity contribution in [2.45, 2.75) is 45.1 Å². The maximum Gasteiger partial charge on any atom is 0.125 e. The minimum atomic E-state index is 0.471. The predicted octanol–water partition coefficient (Wildman–Crippen LogP) is 6.39. The number of anilines is 1. The summed E-state index contributed by atoms with van der Waals surface area (Å²) in [4.78, 5) is 2.56. The van der Waals surface area contributed by atoms with Crippen molar-refractivity contribution in [2.24, 2.45) is 16.9 Å². The highest BCUT2D eigenvalue weighted by molar-refractivity contribution is 8.13. The third-order valence-corrected chi connectivity index (χ3v) is 6.84. The van der Waals surface area contributed by atoms with Crippen molar-refractivity contribution in [3.8, 4) is 0 Å². The molecule has 0 spiro atoms. The lowest BCUT2D eigenvalue weighted by atomic mass is 10.0.